The summed E-state index contributed by atoms with van der Waals surface area (Å²) in [6, 6.07) is 7.17. The van der Waals surface area contributed by atoms with Gasteiger partial charge in [0.1, 0.15) is 30.3 Å². The van der Waals surface area contributed by atoms with Gasteiger partial charge in [-0.15, -0.1) is 0 Å². The van der Waals surface area contributed by atoms with Gasteiger partial charge in [0.15, 0.2) is 9.84 Å². The molecule has 0 fully saturated rings. The summed E-state index contributed by atoms with van der Waals surface area (Å²) in [5, 5.41) is 0. The van der Waals surface area contributed by atoms with E-state index in [4.69, 9.17) is 4.74 Å². The molecule has 1 amide bonds. The minimum absolute atomic E-state index is 0.123. The van der Waals surface area contributed by atoms with Crippen LogP contribution in [0.25, 0.3) is 11.0 Å². The number of hydrogen-bond acceptors (Lipinski definition) is 7. The van der Waals surface area contributed by atoms with Crippen molar-refractivity contribution in [3.8, 4) is 0 Å². The second-order valence-electron chi connectivity index (χ2n) is 8.88. The van der Waals surface area contributed by atoms with Crippen LogP contribution in [0.3, 0.4) is 0 Å². The normalized spacial score (nSPS) is 12.4. The lowest BCUT2D eigenvalue weighted by Gasteiger charge is -2.26. The van der Waals surface area contributed by atoms with Crippen molar-refractivity contribution in [2.75, 3.05) is 40.0 Å². The van der Waals surface area contributed by atoms with Crippen LogP contribution in [-0.2, 0) is 36.5 Å². The van der Waals surface area contributed by atoms with Crippen molar-refractivity contribution in [2.45, 2.75) is 38.7 Å². The van der Waals surface area contributed by atoms with E-state index in [0.717, 1.165) is 6.26 Å². The minimum Gasteiger partial charge on any atom is -0.459 e. The topological polar surface area (TPSA) is 102 Å². The molecule has 0 spiro atoms. The average molecular weight is 453 g/mol. The highest BCUT2D eigenvalue weighted by Crippen LogP contribution is 2.18. The Morgan fingerprint density at radius 1 is 1.13 bits per heavy atom. The molecule has 2 rings (SSSR count). The number of esters is 1. The average Bonchev–Trinajstić information content (AvgIpc) is 2.92. The Bertz CT molecular complexity index is 1040. The molecule has 10 heteroatoms. The highest BCUT2D eigenvalue weighted by molar-refractivity contribution is 7.89. The maximum Gasteiger partial charge on any atom is 0.326 e. The van der Waals surface area contributed by atoms with E-state index in [1.165, 1.54) is 4.90 Å². The summed E-state index contributed by atoms with van der Waals surface area (Å²) in [5.41, 5.74) is 0.622. The maximum absolute atomic E-state index is 13.2. The zero-order chi connectivity index (χ0) is 23.4. The number of benzene rings is 1. The van der Waals surface area contributed by atoms with Gasteiger partial charge >= 0.3 is 5.97 Å². The Balaban J connectivity index is 2.32. The zero-order valence-corrected chi connectivity index (χ0v) is 19.9. The van der Waals surface area contributed by atoms with Gasteiger partial charge in [0, 0.05) is 19.3 Å². The molecule has 0 aliphatic heterocycles. The third-order valence-electron chi connectivity index (χ3n) is 4.33. The van der Waals surface area contributed by atoms with Crippen LogP contribution in [0.15, 0.2) is 24.3 Å². The standard InChI is InChI=1S/C21H32N4O5S/c1-21(2,3)30-20(27)14-24(12-11-23(4)5)19(26)13-25-17-10-8-7-9-16(17)22-18(25)15-31(6,28)29/h7-10H,11-15H2,1-6H3. The number of ether oxygens (including phenoxy) is 1. The highest BCUT2D eigenvalue weighted by Gasteiger charge is 2.24. The molecule has 1 aromatic heterocycles. The van der Waals surface area contributed by atoms with Gasteiger partial charge in [0.25, 0.3) is 0 Å². The number of hydrogen-bond donors (Lipinski definition) is 0. The van der Waals surface area contributed by atoms with E-state index in [1.807, 2.05) is 19.0 Å². The van der Waals surface area contributed by atoms with Crippen molar-refractivity contribution in [1.82, 2.24) is 19.4 Å². The second-order valence-corrected chi connectivity index (χ2v) is 11.0. The fourth-order valence-corrected chi connectivity index (χ4v) is 3.71. The molecular formula is C21H32N4O5S. The zero-order valence-electron chi connectivity index (χ0n) is 19.1. The van der Waals surface area contributed by atoms with E-state index in [-0.39, 0.29) is 24.7 Å². The Morgan fingerprint density at radius 3 is 2.35 bits per heavy atom. The third kappa shape index (κ3) is 7.95. The quantitative estimate of drug-likeness (QED) is 0.529. The molecule has 2 aromatic rings. The van der Waals surface area contributed by atoms with Crippen LogP contribution in [0.4, 0.5) is 0 Å². The van der Waals surface area contributed by atoms with E-state index in [1.54, 1.807) is 49.6 Å². The van der Waals surface area contributed by atoms with Crippen LogP contribution in [0, 0.1) is 0 Å². The smallest absolute Gasteiger partial charge is 0.326 e. The van der Waals surface area contributed by atoms with Crippen LogP contribution < -0.4 is 0 Å². The predicted molar refractivity (Wildman–Crippen MR) is 119 cm³/mol. The van der Waals surface area contributed by atoms with Crippen molar-refractivity contribution >= 4 is 32.7 Å². The van der Waals surface area contributed by atoms with Crippen LogP contribution in [-0.4, -0.2) is 85.2 Å². The molecule has 9 nitrogen and oxygen atoms in total. The number of imidazole rings is 1. The number of sulfone groups is 1. The van der Waals surface area contributed by atoms with Gasteiger partial charge in [-0.2, -0.15) is 0 Å². The van der Waals surface area contributed by atoms with Gasteiger partial charge in [-0.05, 0) is 47.0 Å². The summed E-state index contributed by atoms with van der Waals surface area (Å²) in [6.45, 7) is 5.90. The number of fused-ring (bicyclic) bond motifs is 1. The summed E-state index contributed by atoms with van der Waals surface area (Å²) in [7, 11) is 0.404. The maximum atomic E-state index is 13.2. The molecule has 172 valence electrons. The van der Waals surface area contributed by atoms with E-state index in [0.29, 0.717) is 29.9 Å². The van der Waals surface area contributed by atoms with Crippen LogP contribution in [0.5, 0.6) is 0 Å². The first kappa shape index (κ1) is 24.8. The summed E-state index contributed by atoms with van der Waals surface area (Å²) < 4.78 is 30.8. The summed E-state index contributed by atoms with van der Waals surface area (Å²) in [6.07, 6.45) is 1.13. The first-order chi connectivity index (χ1) is 14.2. The molecule has 0 saturated carbocycles. The fraction of sp³-hybridized carbons (Fsp3) is 0.571. The SMILES string of the molecule is CN(C)CCN(CC(=O)OC(C)(C)C)C(=O)Cn1c(CS(C)(=O)=O)nc2ccccc21. The number of aromatic nitrogens is 2. The van der Waals surface area contributed by atoms with Crippen molar-refractivity contribution in [3.63, 3.8) is 0 Å². The molecule has 0 aliphatic carbocycles. The van der Waals surface area contributed by atoms with Crippen LogP contribution in [0.2, 0.25) is 0 Å². The Kier molecular flexibility index (Phi) is 7.82. The lowest BCUT2D eigenvalue weighted by atomic mass is 10.2. The molecular weight excluding hydrogens is 420 g/mol. The molecule has 0 radical (unpaired) electrons. The summed E-state index contributed by atoms with van der Waals surface area (Å²) >= 11 is 0. The van der Waals surface area contributed by atoms with E-state index < -0.39 is 21.4 Å². The van der Waals surface area contributed by atoms with Crippen molar-refractivity contribution in [1.29, 1.82) is 0 Å². The van der Waals surface area contributed by atoms with Crippen LogP contribution >= 0.6 is 0 Å². The largest absolute Gasteiger partial charge is 0.459 e. The van der Waals surface area contributed by atoms with Crippen molar-refractivity contribution in [3.05, 3.63) is 30.1 Å². The number of likely N-dealkylation sites (N-methyl/N-ethyl adjacent to an activating group) is 1. The highest BCUT2D eigenvalue weighted by atomic mass is 32.2. The van der Waals surface area contributed by atoms with Crippen LogP contribution in [0.1, 0.15) is 26.6 Å². The number of carbonyl (C=O) groups is 2. The Hall–Kier alpha value is -2.46. The van der Waals surface area contributed by atoms with E-state index >= 15 is 0 Å². The number of rotatable bonds is 9. The second kappa shape index (κ2) is 9.78. The summed E-state index contributed by atoms with van der Waals surface area (Å²) in [4.78, 5) is 33.3. The van der Waals surface area contributed by atoms with Crippen molar-refractivity contribution < 1.29 is 22.7 Å². The van der Waals surface area contributed by atoms with Gasteiger partial charge in [0.2, 0.25) is 5.91 Å². The summed E-state index contributed by atoms with van der Waals surface area (Å²) in [5.74, 6) is -0.794. The first-order valence-corrected chi connectivity index (χ1v) is 12.1. The van der Waals surface area contributed by atoms with Gasteiger partial charge in [-0.25, -0.2) is 13.4 Å². The molecule has 0 atom stereocenters. The van der Waals surface area contributed by atoms with Gasteiger partial charge in [-0.3, -0.25) is 9.59 Å². The molecule has 1 aromatic carbocycles. The molecule has 0 unspecified atom stereocenters. The Morgan fingerprint density at radius 2 is 1.77 bits per heavy atom. The van der Waals surface area contributed by atoms with E-state index in [9.17, 15) is 18.0 Å². The fourth-order valence-electron chi connectivity index (χ4n) is 3.02. The molecule has 31 heavy (non-hydrogen) atoms. The lowest BCUT2D eigenvalue weighted by Crippen LogP contribution is -2.43. The number of amides is 1. The third-order valence-corrected chi connectivity index (χ3v) is 5.11. The minimum atomic E-state index is -3.35. The van der Waals surface area contributed by atoms with Gasteiger partial charge in [-0.1, -0.05) is 12.1 Å². The number of nitrogens with zero attached hydrogens (tertiary/aromatic N) is 4. The molecule has 1 heterocycles. The molecule has 0 bridgehead atoms. The number of para-hydroxylation sites is 2. The molecule has 0 aliphatic rings. The van der Waals surface area contributed by atoms with Gasteiger partial charge in [0.05, 0.1) is 11.0 Å². The lowest BCUT2D eigenvalue weighted by molar-refractivity contribution is -0.159. The first-order valence-electron chi connectivity index (χ1n) is 10.0. The van der Waals surface area contributed by atoms with Crippen molar-refractivity contribution in [2.24, 2.45) is 0 Å². The Labute approximate surface area is 183 Å². The van der Waals surface area contributed by atoms with Gasteiger partial charge < -0.3 is 19.1 Å². The monoisotopic (exact) mass is 452 g/mol. The predicted octanol–water partition coefficient (Wildman–Crippen LogP) is 1.31. The molecule has 0 N–H and O–H groups in total. The number of carbonyl (C=O) groups excluding carboxylic acids is 2. The van der Waals surface area contributed by atoms with E-state index in [2.05, 4.69) is 4.98 Å². The molecule has 0 saturated heterocycles.